The summed E-state index contributed by atoms with van der Waals surface area (Å²) in [6.07, 6.45) is 3.94. The fourth-order valence-corrected chi connectivity index (χ4v) is 7.54. The maximum Gasteiger partial charge on any atom is 0.337 e. The molecule has 0 aromatic carbocycles. The van der Waals surface area contributed by atoms with Crippen LogP contribution in [0.2, 0.25) is 0 Å². The summed E-state index contributed by atoms with van der Waals surface area (Å²) in [6, 6.07) is 0. The molecule has 0 aromatic heterocycles. The Balaban J connectivity index is 1.62. The van der Waals surface area contributed by atoms with Crippen LogP contribution in [-0.4, -0.2) is 79.1 Å². The van der Waals surface area contributed by atoms with Crippen molar-refractivity contribution < 1.29 is 42.9 Å². The van der Waals surface area contributed by atoms with Gasteiger partial charge in [-0.2, -0.15) is 0 Å². The van der Waals surface area contributed by atoms with Gasteiger partial charge in [-0.05, 0) is 49.4 Å². The van der Waals surface area contributed by atoms with Gasteiger partial charge in [-0.3, -0.25) is 14.4 Å². The van der Waals surface area contributed by atoms with Crippen molar-refractivity contribution in [3.05, 3.63) is 11.6 Å². The largest absolute Gasteiger partial charge is 0.464 e. The molecule has 1 spiro atoms. The van der Waals surface area contributed by atoms with Gasteiger partial charge in [0.1, 0.15) is 31.1 Å². The van der Waals surface area contributed by atoms with Gasteiger partial charge in [0.05, 0.1) is 24.2 Å². The van der Waals surface area contributed by atoms with Crippen molar-refractivity contribution in [2.75, 3.05) is 37.5 Å². The summed E-state index contributed by atoms with van der Waals surface area (Å²) in [7, 11) is 0. The van der Waals surface area contributed by atoms with E-state index in [-0.39, 0.29) is 60.1 Å². The zero-order valence-corrected chi connectivity index (χ0v) is 24.4. The Morgan fingerprint density at radius 1 is 1.03 bits per heavy atom. The first-order valence-corrected chi connectivity index (χ1v) is 14.9. The van der Waals surface area contributed by atoms with Crippen LogP contribution in [0.25, 0.3) is 0 Å². The SMILES string of the molecule is C[C@]1(COC(=O)CCl)C2CC[C@]3(CO3)[C@H](C/C=C3/C(=O)OC[C@H]3OC(=O)CCCl)[C@@]2(C)CC[C@H]1OC(=O)CCl. The van der Waals surface area contributed by atoms with E-state index in [0.717, 1.165) is 19.3 Å². The molecule has 0 radical (unpaired) electrons. The van der Waals surface area contributed by atoms with Crippen molar-refractivity contribution in [3.8, 4) is 0 Å². The molecule has 4 rings (SSSR count). The van der Waals surface area contributed by atoms with Gasteiger partial charge in [-0.15, -0.1) is 34.8 Å². The molecule has 218 valence electrons. The summed E-state index contributed by atoms with van der Waals surface area (Å²) in [4.78, 5) is 48.8. The summed E-state index contributed by atoms with van der Waals surface area (Å²) in [6.45, 7) is 4.83. The lowest BCUT2D eigenvalue weighted by molar-refractivity contribution is -0.201. The highest BCUT2D eigenvalue weighted by Crippen LogP contribution is 2.66. The van der Waals surface area contributed by atoms with Gasteiger partial charge in [0.15, 0.2) is 6.10 Å². The number of halogens is 3. The summed E-state index contributed by atoms with van der Waals surface area (Å²) in [5.74, 6) is -2.46. The van der Waals surface area contributed by atoms with Gasteiger partial charge in [0.2, 0.25) is 0 Å². The number of carbonyl (C=O) groups excluding carboxylic acids is 4. The van der Waals surface area contributed by atoms with Gasteiger partial charge in [-0.25, -0.2) is 4.79 Å². The van der Waals surface area contributed by atoms with E-state index in [1.807, 2.05) is 13.0 Å². The van der Waals surface area contributed by atoms with Gasteiger partial charge in [0, 0.05) is 11.3 Å². The molecule has 9 nitrogen and oxygen atoms in total. The Bertz CT molecular complexity index is 1010. The highest BCUT2D eigenvalue weighted by molar-refractivity contribution is 6.26. The topological polar surface area (TPSA) is 118 Å². The predicted molar refractivity (Wildman–Crippen MR) is 141 cm³/mol. The summed E-state index contributed by atoms with van der Waals surface area (Å²) in [5, 5.41) is 0. The molecule has 7 atom stereocenters. The van der Waals surface area contributed by atoms with Gasteiger partial charge in [0.25, 0.3) is 0 Å². The summed E-state index contributed by atoms with van der Waals surface area (Å²) < 4.78 is 28.0. The highest BCUT2D eigenvalue weighted by Gasteiger charge is 2.67. The molecule has 39 heavy (non-hydrogen) atoms. The van der Waals surface area contributed by atoms with Crippen LogP contribution in [0, 0.1) is 22.7 Å². The van der Waals surface area contributed by atoms with Gasteiger partial charge < -0.3 is 23.7 Å². The number of cyclic esters (lactones) is 1. The molecule has 2 heterocycles. The molecular formula is C27H35Cl3O9. The maximum absolute atomic E-state index is 12.5. The molecular weight excluding hydrogens is 575 g/mol. The minimum atomic E-state index is -0.776. The van der Waals surface area contributed by atoms with Crippen LogP contribution in [-0.2, 0) is 42.9 Å². The van der Waals surface area contributed by atoms with E-state index in [4.69, 9.17) is 58.5 Å². The van der Waals surface area contributed by atoms with Crippen LogP contribution in [0.5, 0.6) is 0 Å². The molecule has 0 aromatic rings. The van der Waals surface area contributed by atoms with E-state index in [0.29, 0.717) is 25.0 Å². The molecule has 2 aliphatic heterocycles. The van der Waals surface area contributed by atoms with Crippen LogP contribution in [0.1, 0.15) is 52.4 Å². The monoisotopic (exact) mass is 608 g/mol. The number of alkyl halides is 3. The lowest BCUT2D eigenvalue weighted by Crippen LogP contribution is -2.61. The Hall–Kier alpha value is -1.55. The Labute approximate surface area is 243 Å². The number of fused-ring (bicyclic) bond motifs is 1. The normalized spacial score (nSPS) is 38.2. The molecule has 2 aliphatic carbocycles. The van der Waals surface area contributed by atoms with Gasteiger partial charge >= 0.3 is 23.9 Å². The number of epoxide rings is 1. The first kappa shape index (κ1) is 30.4. The first-order valence-electron chi connectivity index (χ1n) is 13.3. The van der Waals surface area contributed by atoms with Crippen LogP contribution >= 0.6 is 34.8 Å². The van der Waals surface area contributed by atoms with Crippen molar-refractivity contribution in [1.29, 1.82) is 0 Å². The standard InChI is InChI=1S/C27H35Cl3O9/c1-25-8-6-20(39-23(33)12-30)26(2,14-36-22(32)11-29)18(25)5-9-27(15-37-27)19(25)4-3-16-17(13-35-24(16)34)38-21(31)7-10-28/h3,17-20H,4-15H2,1-2H3/b16-3+/t17-,18?,19-,20-,25+,26+,27+/m1/s1. The number of ether oxygens (including phenoxy) is 5. The minimum Gasteiger partial charge on any atom is -0.464 e. The van der Waals surface area contributed by atoms with E-state index >= 15 is 0 Å². The molecule has 1 unspecified atom stereocenters. The van der Waals surface area contributed by atoms with Crippen molar-refractivity contribution in [1.82, 2.24) is 0 Å². The smallest absolute Gasteiger partial charge is 0.337 e. The van der Waals surface area contributed by atoms with Crippen molar-refractivity contribution >= 4 is 58.7 Å². The molecule has 2 saturated carbocycles. The number of rotatable bonds is 10. The van der Waals surface area contributed by atoms with Crippen molar-refractivity contribution in [2.24, 2.45) is 22.7 Å². The van der Waals surface area contributed by atoms with Crippen molar-refractivity contribution in [2.45, 2.75) is 70.2 Å². The lowest BCUT2D eigenvalue weighted by atomic mass is 9.45. The minimum absolute atomic E-state index is 0.00102. The zero-order valence-electron chi connectivity index (χ0n) is 22.2. The van der Waals surface area contributed by atoms with Crippen LogP contribution < -0.4 is 0 Å². The summed E-state index contributed by atoms with van der Waals surface area (Å²) in [5.41, 5.74) is -0.999. The third kappa shape index (κ3) is 6.07. The second kappa shape index (κ2) is 12.1. The Morgan fingerprint density at radius 3 is 2.38 bits per heavy atom. The lowest BCUT2D eigenvalue weighted by Gasteiger charge is -2.61. The number of esters is 4. The van der Waals surface area contributed by atoms with E-state index in [1.165, 1.54) is 0 Å². The van der Waals surface area contributed by atoms with E-state index in [9.17, 15) is 19.2 Å². The van der Waals surface area contributed by atoms with Crippen LogP contribution in [0.4, 0.5) is 0 Å². The van der Waals surface area contributed by atoms with E-state index < -0.39 is 41.5 Å². The number of carbonyl (C=O) groups is 4. The molecule has 0 bridgehead atoms. The first-order chi connectivity index (χ1) is 18.5. The molecule has 2 saturated heterocycles. The molecule has 4 fully saturated rings. The maximum atomic E-state index is 12.5. The Morgan fingerprint density at radius 2 is 1.74 bits per heavy atom. The highest BCUT2D eigenvalue weighted by atomic mass is 35.5. The second-order valence-electron chi connectivity index (χ2n) is 11.4. The fraction of sp³-hybridized carbons (Fsp3) is 0.778. The average Bonchev–Trinajstić information content (AvgIpc) is 3.60. The second-order valence-corrected chi connectivity index (χ2v) is 12.3. The number of allylic oxidation sites excluding steroid dienone is 1. The van der Waals surface area contributed by atoms with Gasteiger partial charge in [-0.1, -0.05) is 19.9 Å². The molecule has 12 heteroatoms. The average molecular weight is 610 g/mol. The molecule has 0 amide bonds. The quantitative estimate of drug-likeness (QED) is 0.119. The number of hydrogen-bond acceptors (Lipinski definition) is 9. The third-order valence-corrected chi connectivity index (χ3v) is 9.83. The summed E-state index contributed by atoms with van der Waals surface area (Å²) >= 11 is 17.1. The molecule has 0 N–H and O–H groups in total. The van der Waals surface area contributed by atoms with Crippen LogP contribution in [0.3, 0.4) is 0 Å². The van der Waals surface area contributed by atoms with E-state index in [1.54, 1.807) is 0 Å². The van der Waals surface area contributed by atoms with E-state index in [2.05, 4.69) is 6.92 Å². The van der Waals surface area contributed by atoms with Crippen molar-refractivity contribution in [3.63, 3.8) is 0 Å². The fourth-order valence-electron chi connectivity index (χ4n) is 7.25. The third-order valence-electron chi connectivity index (χ3n) is 9.21. The zero-order chi connectivity index (χ0) is 28.4. The van der Waals surface area contributed by atoms with Crippen LogP contribution in [0.15, 0.2) is 11.6 Å². The molecule has 4 aliphatic rings. The number of hydrogen-bond donors (Lipinski definition) is 0. The predicted octanol–water partition coefficient (Wildman–Crippen LogP) is 3.93. The Kier molecular flexibility index (Phi) is 9.46.